The highest BCUT2D eigenvalue weighted by atomic mass is 19.4. The molecule has 1 aromatic heterocycles. The Bertz CT molecular complexity index is 1000. The molecule has 1 saturated heterocycles. The minimum Gasteiger partial charge on any atom is -0.475 e. The number of aromatic nitrogens is 1. The number of carbonyl (C=O) groups excluding carboxylic acids is 2. The number of alkyl halides is 3. The molecule has 2 aromatic rings. The van der Waals surface area contributed by atoms with Gasteiger partial charge in [0, 0.05) is 31.2 Å². The zero-order valence-electron chi connectivity index (χ0n) is 17.6. The van der Waals surface area contributed by atoms with Gasteiger partial charge in [0.15, 0.2) is 0 Å². The lowest BCUT2D eigenvalue weighted by molar-refractivity contribution is -0.192. The van der Waals surface area contributed by atoms with Crippen LogP contribution in [0.1, 0.15) is 28.8 Å². The molecule has 1 fully saturated rings. The topological polar surface area (TPSA) is 123 Å². The van der Waals surface area contributed by atoms with E-state index in [1.54, 1.807) is 11.1 Å². The van der Waals surface area contributed by atoms with Crippen LogP contribution in [0.5, 0.6) is 0 Å². The van der Waals surface area contributed by atoms with Gasteiger partial charge in [0.1, 0.15) is 0 Å². The predicted octanol–water partition coefficient (Wildman–Crippen LogP) is 2.53. The molecule has 0 aliphatic carbocycles. The number of nitrogens with two attached hydrogens (primary N) is 1. The third-order valence-corrected chi connectivity index (χ3v) is 5.42. The zero-order chi connectivity index (χ0) is 24.1. The number of methoxy groups -OCH3 is 1. The van der Waals surface area contributed by atoms with Gasteiger partial charge in [-0.1, -0.05) is 18.2 Å². The van der Waals surface area contributed by atoms with E-state index >= 15 is 0 Å². The molecule has 32 heavy (non-hydrogen) atoms. The molecule has 2 heterocycles. The summed E-state index contributed by atoms with van der Waals surface area (Å²) in [5.41, 5.74) is 7.69. The van der Waals surface area contributed by atoms with E-state index < -0.39 is 17.6 Å². The average molecular weight is 455 g/mol. The monoisotopic (exact) mass is 455 g/mol. The normalized spacial score (nSPS) is 15.5. The number of para-hydroxylation sites is 1. The summed E-state index contributed by atoms with van der Waals surface area (Å²) in [5.74, 6) is -3.11. The van der Waals surface area contributed by atoms with E-state index in [1.165, 1.54) is 7.11 Å². The summed E-state index contributed by atoms with van der Waals surface area (Å²) in [7, 11) is 1.38. The van der Waals surface area contributed by atoms with Gasteiger partial charge < -0.3 is 20.5 Å². The van der Waals surface area contributed by atoms with E-state index in [4.69, 9.17) is 20.4 Å². The number of rotatable bonds is 3. The summed E-state index contributed by atoms with van der Waals surface area (Å²) in [4.78, 5) is 39.9. The number of carbonyl (C=O) groups is 3. The number of hydrogen-bond donors (Lipinski definition) is 2. The number of halogens is 3. The molecule has 1 aliphatic heterocycles. The van der Waals surface area contributed by atoms with Crippen molar-refractivity contribution in [3.05, 3.63) is 41.6 Å². The molecule has 8 nitrogen and oxygen atoms in total. The van der Waals surface area contributed by atoms with Gasteiger partial charge in [-0.2, -0.15) is 13.2 Å². The van der Waals surface area contributed by atoms with Gasteiger partial charge in [0.05, 0.1) is 23.6 Å². The Labute approximate surface area is 182 Å². The van der Waals surface area contributed by atoms with Crippen molar-refractivity contribution < 1.29 is 37.4 Å². The highest BCUT2D eigenvalue weighted by Crippen LogP contribution is 2.32. The number of likely N-dealkylation sites (tertiary alicyclic amines) is 1. The van der Waals surface area contributed by atoms with Crippen molar-refractivity contribution in [2.45, 2.75) is 25.9 Å². The number of benzene rings is 1. The maximum Gasteiger partial charge on any atom is 0.490 e. The van der Waals surface area contributed by atoms with Crippen LogP contribution in [-0.2, 0) is 14.3 Å². The quantitative estimate of drug-likeness (QED) is 0.682. The highest BCUT2D eigenvalue weighted by molar-refractivity contribution is 5.97. The molecule has 1 aromatic carbocycles. The van der Waals surface area contributed by atoms with Crippen LogP contribution in [0.2, 0.25) is 0 Å². The van der Waals surface area contributed by atoms with Crippen molar-refractivity contribution in [2.75, 3.05) is 26.7 Å². The number of esters is 1. The molecule has 0 saturated carbocycles. The molecule has 0 unspecified atom stereocenters. The van der Waals surface area contributed by atoms with Crippen molar-refractivity contribution in [2.24, 2.45) is 11.1 Å². The van der Waals surface area contributed by atoms with Gasteiger partial charge in [0.2, 0.25) is 0 Å². The van der Waals surface area contributed by atoms with Crippen LogP contribution in [0.3, 0.4) is 0 Å². The molecule has 0 atom stereocenters. The summed E-state index contributed by atoms with van der Waals surface area (Å²) >= 11 is 0. The van der Waals surface area contributed by atoms with Gasteiger partial charge >= 0.3 is 18.1 Å². The van der Waals surface area contributed by atoms with Gasteiger partial charge in [0.25, 0.3) is 5.91 Å². The van der Waals surface area contributed by atoms with Crippen molar-refractivity contribution >= 4 is 28.7 Å². The molecule has 174 valence electrons. The standard InChI is InChI=1S/C19H23N3O3.C2HF3O2/c1-13-4-3-5-14-10-15(11-21-16(13)14)17(23)22-8-6-19(12-20,7-9-22)18(24)25-2;3-2(4,5)1(6)7/h3-5,10-11H,6-9,12,20H2,1-2H3;(H,6,7). The average Bonchev–Trinajstić information content (AvgIpc) is 2.77. The number of ether oxygens (including phenoxy) is 1. The van der Waals surface area contributed by atoms with E-state index in [2.05, 4.69) is 4.98 Å². The SMILES string of the molecule is COC(=O)C1(CN)CCN(C(=O)c2cnc3c(C)cccc3c2)CC1.O=C(O)C(F)(F)F. The van der Waals surface area contributed by atoms with E-state index in [9.17, 15) is 22.8 Å². The number of piperidine rings is 1. The Morgan fingerprint density at radius 1 is 1.25 bits per heavy atom. The Morgan fingerprint density at radius 3 is 2.34 bits per heavy atom. The van der Waals surface area contributed by atoms with Crippen LogP contribution in [-0.4, -0.2) is 65.8 Å². The number of carboxylic acids is 1. The smallest absolute Gasteiger partial charge is 0.475 e. The number of carboxylic acid groups (broad SMARTS) is 1. The van der Waals surface area contributed by atoms with Gasteiger partial charge in [-0.05, 0) is 31.4 Å². The summed E-state index contributed by atoms with van der Waals surface area (Å²) in [6.45, 7) is 3.20. The minimum atomic E-state index is -5.08. The van der Waals surface area contributed by atoms with Crippen molar-refractivity contribution in [1.29, 1.82) is 0 Å². The van der Waals surface area contributed by atoms with Gasteiger partial charge in [-0.15, -0.1) is 0 Å². The van der Waals surface area contributed by atoms with E-state index in [1.807, 2.05) is 31.2 Å². The number of fused-ring (bicyclic) bond motifs is 1. The number of amides is 1. The molecule has 0 spiro atoms. The first kappa shape index (κ1) is 25.1. The second-order valence-electron chi connectivity index (χ2n) is 7.44. The van der Waals surface area contributed by atoms with E-state index in [-0.39, 0.29) is 18.4 Å². The van der Waals surface area contributed by atoms with Gasteiger partial charge in [-0.25, -0.2) is 4.79 Å². The molecular formula is C21H24F3N3O5. The first-order valence-electron chi connectivity index (χ1n) is 9.68. The lowest BCUT2D eigenvalue weighted by Crippen LogP contribution is -2.50. The molecule has 1 amide bonds. The zero-order valence-corrected chi connectivity index (χ0v) is 17.6. The van der Waals surface area contributed by atoms with Crippen molar-refractivity contribution in [3.8, 4) is 0 Å². The fraction of sp³-hybridized carbons (Fsp3) is 0.429. The maximum atomic E-state index is 12.8. The molecule has 1 aliphatic rings. The van der Waals surface area contributed by atoms with Crippen LogP contribution in [0.15, 0.2) is 30.5 Å². The number of pyridine rings is 1. The molecule has 3 N–H and O–H groups in total. The highest BCUT2D eigenvalue weighted by Gasteiger charge is 2.42. The third-order valence-electron chi connectivity index (χ3n) is 5.42. The Kier molecular flexibility index (Phi) is 7.78. The first-order valence-corrected chi connectivity index (χ1v) is 9.68. The number of hydrogen-bond acceptors (Lipinski definition) is 6. The van der Waals surface area contributed by atoms with Crippen molar-refractivity contribution in [1.82, 2.24) is 9.88 Å². The van der Waals surface area contributed by atoms with Crippen LogP contribution in [0.4, 0.5) is 13.2 Å². The summed E-state index contributed by atoms with van der Waals surface area (Å²) in [6, 6.07) is 7.79. The molecule has 0 radical (unpaired) electrons. The molecule has 3 rings (SSSR count). The van der Waals surface area contributed by atoms with E-state index in [0.29, 0.717) is 31.5 Å². The fourth-order valence-electron chi connectivity index (χ4n) is 3.46. The lowest BCUT2D eigenvalue weighted by atomic mass is 9.78. The minimum absolute atomic E-state index is 0.0635. The number of nitrogens with zero attached hydrogens (tertiary/aromatic N) is 2. The number of aliphatic carboxylic acids is 1. The van der Waals surface area contributed by atoms with Crippen LogP contribution in [0.25, 0.3) is 10.9 Å². The number of aryl methyl sites for hydroxylation is 1. The second-order valence-corrected chi connectivity index (χ2v) is 7.44. The van der Waals surface area contributed by atoms with E-state index in [0.717, 1.165) is 16.5 Å². The third kappa shape index (κ3) is 5.52. The Morgan fingerprint density at radius 2 is 1.84 bits per heavy atom. The van der Waals surface area contributed by atoms with Gasteiger partial charge in [-0.3, -0.25) is 14.6 Å². The molecule has 11 heteroatoms. The van der Waals surface area contributed by atoms with Crippen LogP contribution in [0, 0.1) is 12.3 Å². The summed E-state index contributed by atoms with van der Waals surface area (Å²) in [6.07, 6.45) is -2.42. The largest absolute Gasteiger partial charge is 0.490 e. The molecule has 0 bridgehead atoms. The Hall–Kier alpha value is -3.21. The summed E-state index contributed by atoms with van der Waals surface area (Å²) in [5, 5.41) is 8.08. The predicted molar refractivity (Wildman–Crippen MR) is 109 cm³/mol. The maximum absolute atomic E-state index is 12.8. The van der Waals surface area contributed by atoms with Crippen LogP contribution >= 0.6 is 0 Å². The lowest BCUT2D eigenvalue weighted by Gasteiger charge is -2.38. The summed E-state index contributed by atoms with van der Waals surface area (Å²) < 4.78 is 36.6. The van der Waals surface area contributed by atoms with Crippen LogP contribution < -0.4 is 5.73 Å². The van der Waals surface area contributed by atoms with Crippen molar-refractivity contribution in [3.63, 3.8) is 0 Å². The molecular weight excluding hydrogens is 431 g/mol. The second kappa shape index (κ2) is 9.94. The Balaban J connectivity index is 0.000000451. The fourth-order valence-corrected chi connectivity index (χ4v) is 3.46. The first-order chi connectivity index (χ1) is 14.9.